The maximum Gasteiger partial charge on any atom is 0.0584 e. The first-order valence-corrected chi connectivity index (χ1v) is 6.83. The van der Waals surface area contributed by atoms with Crippen LogP contribution >= 0.6 is 11.8 Å². The van der Waals surface area contributed by atoms with Gasteiger partial charge in [-0.25, -0.2) is 0 Å². The first kappa shape index (κ1) is 13.6. The smallest absolute Gasteiger partial charge is 0.0584 e. The van der Waals surface area contributed by atoms with Gasteiger partial charge in [-0.3, -0.25) is 0 Å². The van der Waals surface area contributed by atoms with Crippen molar-refractivity contribution in [2.45, 2.75) is 25.1 Å². The Morgan fingerprint density at radius 3 is 2.75 bits per heavy atom. The lowest BCUT2D eigenvalue weighted by molar-refractivity contribution is 0.246. The highest BCUT2D eigenvalue weighted by Crippen LogP contribution is 2.16. The molecule has 0 aliphatic heterocycles. The van der Waals surface area contributed by atoms with Crippen LogP contribution in [0.15, 0.2) is 24.3 Å². The number of aryl methyl sites for hydroxylation is 1. The van der Waals surface area contributed by atoms with E-state index in [1.54, 1.807) is 0 Å². The molecule has 0 saturated heterocycles. The van der Waals surface area contributed by atoms with E-state index in [4.69, 9.17) is 5.11 Å². The van der Waals surface area contributed by atoms with Crippen LogP contribution in [0, 0.1) is 6.92 Å². The molecular formula is C13H21NOS. The molecule has 0 heterocycles. The Bertz CT molecular complexity index is 300. The number of hydrogen-bond acceptors (Lipinski definition) is 3. The number of aliphatic hydroxyl groups is 1. The minimum atomic E-state index is 0.224. The zero-order valence-electron chi connectivity index (χ0n) is 10.1. The average molecular weight is 239 g/mol. The zero-order chi connectivity index (χ0) is 11.8. The van der Waals surface area contributed by atoms with Crippen LogP contribution in [0.1, 0.15) is 17.5 Å². The van der Waals surface area contributed by atoms with Crippen molar-refractivity contribution in [1.82, 2.24) is 5.32 Å². The predicted octanol–water partition coefficient (Wildman–Crippen LogP) is 2.20. The van der Waals surface area contributed by atoms with Crippen molar-refractivity contribution < 1.29 is 5.11 Å². The molecule has 1 rings (SSSR count). The fraction of sp³-hybridized carbons (Fsp3) is 0.538. The Labute approximate surface area is 102 Å². The number of hydrogen-bond donors (Lipinski definition) is 2. The van der Waals surface area contributed by atoms with Gasteiger partial charge < -0.3 is 10.4 Å². The molecule has 2 N–H and O–H groups in total. The first-order chi connectivity index (χ1) is 7.77. The van der Waals surface area contributed by atoms with Crippen LogP contribution in [-0.4, -0.2) is 30.6 Å². The molecule has 90 valence electrons. The fourth-order valence-electron chi connectivity index (χ4n) is 1.51. The van der Waals surface area contributed by atoms with E-state index in [9.17, 15) is 0 Å². The van der Waals surface area contributed by atoms with Gasteiger partial charge in [0.15, 0.2) is 0 Å². The summed E-state index contributed by atoms with van der Waals surface area (Å²) < 4.78 is 0. The molecule has 16 heavy (non-hydrogen) atoms. The van der Waals surface area contributed by atoms with E-state index >= 15 is 0 Å². The van der Waals surface area contributed by atoms with Gasteiger partial charge in [-0.1, -0.05) is 24.3 Å². The minimum Gasteiger partial charge on any atom is -0.395 e. The van der Waals surface area contributed by atoms with Crippen molar-refractivity contribution in [3.05, 3.63) is 35.4 Å². The molecule has 0 saturated carbocycles. The van der Waals surface area contributed by atoms with Gasteiger partial charge in [0.1, 0.15) is 0 Å². The van der Waals surface area contributed by atoms with E-state index in [0.717, 1.165) is 17.9 Å². The fourth-order valence-corrected chi connectivity index (χ4v) is 2.65. The molecule has 2 nitrogen and oxygen atoms in total. The number of nitrogens with one attached hydrogen (secondary N) is 1. The normalized spacial score (nSPS) is 12.7. The second kappa shape index (κ2) is 7.71. The lowest BCUT2D eigenvalue weighted by Gasteiger charge is -2.12. The topological polar surface area (TPSA) is 32.3 Å². The average Bonchev–Trinajstić information content (AvgIpc) is 2.31. The van der Waals surface area contributed by atoms with Crippen LogP contribution in [0.3, 0.4) is 0 Å². The lowest BCUT2D eigenvalue weighted by atomic mass is 10.1. The highest BCUT2D eigenvalue weighted by atomic mass is 32.2. The molecule has 0 aromatic heterocycles. The number of aliphatic hydroxyl groups excluding tert-OH is 1. The van der Waals surface area contributed by atoms with Crippen molar-refractivity contribution in [2.75, 3.05) is 19.4 Å². The summed E-state index contributed by atoms with van der Waals surface area (Å²) in [6.45, 7) is 2.38. The van der Waals surface area contributed by atoms with E-state index in [2.05, 4.69) is 36.5 Å². The van der Waals surface area contributed by atoms with Crippen LogP contribution in [0.5, 0.6) is 0 Å². The highest BCUT2D eigenvalue weighted by Gasteiger charge is 2.03. The van der Waals surface area contributed by atoms with E-state index in [1.807, 2.05) is 18.8 Å². The van der Waals surface area contributed by atoms with Gasteiger partial charge in [0.2, 0.25) is 0 Å². The standard InChI is InChI=1S/C13H21NOS/c1-11-5-3-4-6-12(11)10-16-8-7-13(9-15)14-2/h3-6,13-15H,7-10H2,1-2H3. The number of likely N-dealkylation sites (N-methyl/N-ethyl adjacent to an activating group) is 1. The van der Waals surface area contributed by atoms with Gasteiger partial charge in [0.25, 0.3) is 0 Å². The molecule has 0 radical (unpaired) electrons. The Hall–Kier alpha value is -0.510. The molecule has 0 bridgehead atoms. The summed E-state index contributed by atoms with van der Waals surface area (Å²) in [5.74, 6) is 2.15. The van der Waals surface area contributed by atoms with Gasteiger partial charge >= 0.3 is 0 Å². The van der Waals surface area contributed by atoms with Gasteiger partial charge in [0.05, 0.1) is 6.61 Å². The molecule has 1 aromatic rings. The maximum atomic E-state index is 9.01. The number of thioether (sulfide) groups is 1. The lowest BCUT2D eigenvalue weighted by Crippen LogP contribution is -2.29. The molecule has 0 aliphatic rings. The van der Waals surface area contributed by atoms with Crippen LogP contribution < -0.4 is 5.32 Å². The van der Waals surface area contributed by atoms with E-state index in [0.29, 0.717) is 0 Å². The highest BCUT2D eigenvalue weighted by molar-refractivity contribution is 7.98. The molecule has 0 amide bonds. The monoisotopic (exact) mass is 239 g/mol. The Kier molecular flexibility index (Phi) is 6.53. The van der Waals surface area contributed by atoms with Crippen molar-refractivity contribution in [1.29, 1.82) is 0 Å². The number of rotatable bonds is 7. The van der Waals surface area contributed by atoms with Crippen molar-refractivity contribution >= 4 is 11.8 Å². The van der Waals surface area contributed by atoms with Crippen LogP contribution in [-0.2, 0) is 5.75 Å². The second-order valence-corrected chi connectivity index (χ2v) is 5.04. The summed E-state index contributed by atoms with van der Waals surface area (Å²) >= 11 is 1.93. The molecule has 0 aliphatic carbocycles. The van der Waals surface area contributed by atoms with Gasteiger partial charge in [0, 0.05) is 11.8 Å². The number of benzene rings is 1. The zero-order valence-corrected chi connectivity index (χ0v) is 10.9. The van der Waals surface area contributed by atoms with Crippen LogP contribution in [0.2, 0.25) is 0 Å². The summed E-state index contributed by atoms with van der Waals surface area (Å²) in [4.78, 5) is 0. The summed E-state index contributed by atoms with van der Waals surface area (Å²) in [6, 6.07) is 8.74. The van der Waals surface area contributed by atoms with E-state index in [1.165, 1.54) is 11.1 Å². The third kappa shape index (κ3) is 4.56. The quantitative estimate of drug-likeness (QED) is 0.716. The molecular weight excluding hydrogens is 218 g/mol. The Morgan fingerprint density at radius 2 is 2.12 bits per heavy atom. The van der Waals surface area contributed by atoms with Crippen molar-refractivity contribution in [3.63, 3.8) is 0 Å². The molecule has 1 atom stereocenters. The maximum absolute atomic E-state index is 9.01. The first-order valence-electron chi connectivity index (χ1n) is 5.68. The third-order valence-corrected chi connectivity index (χ3v) is 3.80. The van der Waals surface area contributed by atoms with Crippen molar-refractivity contribution in [2.24, 2.45) is 0 Å². The third-order valence-electron chi connectivity index (χ3n) is 2.76. The molecule has 1 aromatic carbocycles. The van der Waals surface area contributed by atoms with Crippen LogP contribution in [0.25, 0.3) is 0 Å². The van der Waals surface area contributed by atoms with Crippen molar-refractivity contribution in [3.8, 4) is 0 Å². The molecule has 3 heteroatoms. The second-order valence-electron chi connectivity index (χ2n) is 3.94. The summed E-state index contributed by atoms with van der Waals surface area (Å²) in [7, 11) is 1.90. The molecule has 0 fully saturated rings. The molecule has 0 spiro atoms. The van der Waals surface area contributed by atoms with Gasteiger partial charge in [-0.2, -0.15) is 11.8 Å². The predicted molar refractivity (Wildman–Crippen MR) is 71.9 cm³/mol. The SMILES string of the molecule is CNC(CO)CCSCc1ccccc1C. The Balaban J connectivity index is 2.23. The Morgan fingerprint density at radius 1 is 1.38 bits per heavy atom. The van der Waals surface area contributed by atoms with Crippen LogP contribution in [0.4, 0.5) is 0 Å². The van der Waals surface area contributed by atoms with E-state index in [-0.39, 0.29) is 12.6 Å². The van der Waals surface area contributed by atoms with Gasteiger partial charge in [-0.05, 0) is 37.3 Å². The van der Waals surface area contributed by atoms with E-state index < -0.39 is 0 Å². The summed E-state index contributed by atoms with van der Waals surface area (Å²) in [6.07, 6.45) is 1.02. The summed E-state index contributed by atoms with van der Waals surface area (Å²) in [5, 5.41) is 12.1. The summed E-state index contributed by atoms with van der Waals surface area (Å²) in [5.41, 5.74) is 2.78. The molecule has 1 unspecified atom stereocenters. The van der Waals surface area contributed by atoms with Gasteiger partial charge in [-0.15, -0.1) is 0 Å². The largest absolute Gasteiger partial charge is 0.395 e. The minimum absolute atomic E-state index is 0.224.